The van der Waals surface area contributed by atoms with Crippen LogP contribution in [0.25, 0.3) is 0 Å². The molecule has 8 heteroatoms. The molecule has 0 saturated carbocycles. The second kappa shape index (κ2) is 6.71. The molecule has 1 aromatic rings. The van der Waals surface area contributed by atoms with E-state index in [4.69, 9.17) is 10.5 Å². The Hall–Kier alpha value is -2.19. The zero-order chi connectivity index (χ0) is 16.2. The molecule has 118 valence electrons. The lowest BCUT2D eigenvalue weighted by Gasteiger charge is -2.15. The van der Waals surface area contributed by atoms with Crippen LogP contribution in [0.3, 0.4) is 0 Å². The van der Waals surface area contributed by atoms with Crippen LogP contribution in [0.2, 0.25) is 0 Å². The van der Waals surface area contributed by atoms with E-state index in [0.717, 1.165) is 6.26 Å². The van der Waals surface area contributed by atoms with Crippen LogP contribution in [0.1, 0.15) is 0 Å². The molecule has 3 N–H and O–H groups in total. The van der Waals surface area contributed by atoms with Gasteiger partial charge in [-0.2, -0.15) is 0 Å². The van der Waals surface area contributed by atoms with Gasteiger partial charge in [0, 0.05) is 18.8 Å². The Morgan fingerprint density at radius 1 is 1.41 bits per heavy atom. The standard InChI is InChI=1S/C14H17N3O4S/c1-22(19,20)17-11-3-2-4-12(6-11)21-9-13-14(18)5-10(7-15)8-16-13/h2-6,8,13,17H,7,9,15H2,1H3. The van der Waals surface area contributed by atoms with Gasteiger partial charge in [-0.15, -0.1) is 0 Å². The van der Waals surface area contributed by atoms with Crippen LogP contribution < -0.4 is 15.2 Å². The highest BCUT2D eigenvalue weighted by molar-refractivity contribution is 7.92. The highest BCUT2D eigenvalue weighted by Crippen LogP contribution is 2.19. The summed E-state index contributed by atoms with van der Waals surface area (Å²) >= 11 is 0. The Morgan fingerprint density at radius 3 is 2.82 bits per heavy atom. The number of nitrogens with zero attached hydrogens (tertiary/aromatic N) is 1. The molecule has 0 spiro atoms. The van der Waals surface area contributed by atoms with Crippen LogP contribution in [-0.4, -0.2) is 45.9 Å². The molecule has 0 amide bonds. The van der Waals surface area contributed by atoms with Gasteiger partial charge in [-0.3, -0.25) is 14.5 Å². The zero-order valence-electron chi connectivity index (χ0n) is 12.0. The average molecular weight is 323 g/mol. The number of nitrogens with two attached hydrogens (primary N) is 1. The molecule has 22 heavy (non-hydrogen) atoms. The SMILES string of the molecule is CS(=O)(=O)Nc1cccc(OCC2N=CC(CN)=CC2=O)c1. The fourth-order valence-electron chi connectivity index (χ4n) is 1.85. The van der Waals surface area contributed by atoms with Gasteiger partial charge in [0.05, 0.1) is 11.9 Å². The van der Waals surface area contributed by atoms with Crippen molar-refractivity contribution in [2.24, 2.45) is 10.7 Å². The number of ether oxygens (including phenoxy) is 1. The predicted octanol–water partition coefficient (Wildman–Crippen LogP) is 0.344. The normalized spacial score (nSPS) is 18.0. The van der Waals surface area contributed by atoms with Crippen molar-refractivity contribution in [2.45, 2.75) is 6.04 Å². The molecular weight excluding hydrogens is 306 g/mol. The largest absolute Gasteiger partial charge is 0.491 e. The van der Waals surface area contributed by atoms with Crippen molar-refractivity contribution in [3.63, 3.8) is 0 Å². The van der Waals surface area contributed by atoms with Gasteiger partial charge in [-0.05, 0) is 23.8 Å². The molecule has 1 aliphatic rings. The third kappa shape index (κ3) is 4.68. The number of dihydropyridines is 1. The molecule has 2 rings (SSSR count). The van der Waals surface area contributed by atoms with Gasteiger partial charge in [0.15, 0.2) is 5.78 Å². The summed E-state index contributed by atoms with van der Waals surface area (Å²) in [5.74, 6) is 0.290. The number of nitrogens with one attached hydrogen (secondary N) is 1. The maximum absolute atomic E-state index is 11.8. The lowest BCUT2D eigenvalue weighted by Crippen LogP contribution is -2.28. The molecule has 0 saturated heterocycles. The lowest BCUT2D eigenvalue weighted by atomic mass is 10.1. The van der Waals surface area contributed by atoms with E-state index in [1.807, 2.05) is 0 Å². The van der Waals surface area contributed by atoms with Gasteiger partial charge in [0.1, 0.15) is 18.4 Å². The first-order valence-electron chi connectivity index (χ1n) is 6.56. The van der Waals surface area contributed by atoms with E-state index in [2.05, 4.69) is 9.71 Å². The first-order valence-corrected chi connectivity index (χ1v) is 8.45. The van der Waals surface area contributed by atoms with Gasteiger partial charge in [0.25, 0.3) is 0 Å². The molecule has 1 heterocycles. The molecule has 1 aliphatic heterocycles. The number of sulfonamides is 1. The first kappa shape index (κ1) is 16.2. The molecule has 0 bridgehead atoms. The lowest BCUT2D eigenvalue weighted by molar-refractivity contribution is -0.116. The third-order valence-electron chi connectivity index (χ3n) is 2.86. The van der Waals surface area contributed by atoms with Crippen LogP contribution in [0.4, 0.5) is 5.69 Å². The van der Waals surface area contributed by atoms with Crippen LogP contribution in [-0.2, 0) is 14.8 Å². The molecule has 7 nitrogen and oxygen atoms in total. The molecule has 0 radical (unpaired) electrons. The van der Waals surface area contributed by atoms with E-state index in [1.165, 1.54) is 6.08 Å². The fourth-order valence-corrected chi connectivity index (χ4v) is 2.41. The van der Waals surface area contributed by atoms with E-state index in [1.54, 1.807) is 30.5 Å². The summed E-state index contributed by atoms with van der Waals surface area (Å²) in [5, 5.41) is 0. The summed E-state index contributed by atoms with van der Waals surface area (Å²) in [4.78, 5) is 15.9. The van der Waals surface area contributed by atoms with Crippen LogP contribution >= 0.6 is 0 Å². The number of anilines is 1. The molecule has 1 unspecified atom stereocenters. The molecule has 0 fully saturated rings. The van der Waals surface area contributed by atoms with Gasteiger partial charge in [-0.25, -0.2) is 8.42 Å². The number of hydrogen-bond donors (Lipinski definition) is 2. The number of benzene rings is 1. The highest BCUT2D eigenvalue weighted by atomic mass is 32.2. The van der Waals surface area contributed by atoms with Gasteiger partial charge in [0.2, 0.25) is 10.0 Å². The minimum Gasteiger partial charge on any atom is -0.491 e. The number of hydrogen-bond acceptors (Lipinski definition) is 6. The Balaban J connectivity index is 1.98. The minimum atomic E-state index is -3.35. The molecular formula is C14H17N3O4S. The van der Waals surface area contributed by atoms with E-state index in [0.29, 0.717) is 17.0 Å². The van der Waals surface area contributed by atoms with E-state index in [-0.39, 0.29) is 18.9 Å². The highest BCUT2D eigenvalue weighted by Gasteiger charge is 2.19. The van der Waals surface area contributed by atoms with E-state index in [9.17, 15) is 13.2 Å². The molecule has 1 atom stereocenters. The summed E-state index contributed by atoms with van der Waals surface area (Å²) in [5.41, 5.74) is 6.52. The van der Waals surface area contributed by atoms with E-state index >= 15 is 0 Å². The summed E-state index contributed by atoms with van der Waals surface area (Å²) in [6.07, 6.45) is 4.09. The summed E-state index contributed by atoms with van der Waals surface area (Å²) < 4.78 is 30.2. The van der Waals surface area contributed by atoms with Gasteiger partial charge >= 0.3 is 0 Å². The summed E-state index contributed by atoms with van der Waals surface area (Å²) in [7, 11) is -3.35. The van der Waals surface area contributed by atoms with Crippen molar-refractivity contribution in [1.82, 2.24) is 0 Å². The van der Waals surface area contributed by atoms with Crippen molar-refractivity contribution in [2.75, 3.05) is 24.1 Å². The maximum Gasteiger partial charge on any atom is 0.229 e. The second-order valence-electron chi connectivity index (χ2n) is 4.83. The zero-order valence-corrected chi connectivity index (χ0v) is 12.8. The maximum atomic E-state index is 11.8. The monoisotopic (exact) mass is 323 g/mol. The molecule has 0 aliphatic carbocycles. The smallest absolute Gasteiger partial charge is 0.229 e. The fraction of sp³-hybridized carbons (Fsp3) is 0.286. The van der Waals surface area contributed by atoms with Crippen molar-refractivity contribution < 1.29 is 17.9 Å². The summed E-state index contributed by atoms with van der Waals surface area (Å²) in [6.45, 7) is 0.341. The topological polar surface area (TPSA) is 111 Å². The molecule has 0 aromatic heterocycles. The number of aliphatic imine (C=N–C) groups is 1. The Morgan fingerprint density at radius 2 is 2.18 bits per heavy atom. The van der Waals surface area contributed by atoms with Crippen molar-refractivity contribution in [1.29, 1.82) is 0 Å². The van der Waals surface area contributed by atoms with Crippen LogP contribution in [0.15, 0.2) is 40.9 Å². The first-order chi connectivity index (χ1) is 10.4. The average Bonchev–Trinajstić information content (AvgIpc) is 2.44. The number of carbonyl (C=O) groups is 1. The van der Waals surface area contributed by atoms with Gasteiger partial charge in [-0.1, -0.05) is 6.07 Å². The summed E-state index contributed by atoms with van der Waals surface area (Å²) in [6, 6.07) is 5.86. The number of ketones is 1. The Bertz CT molecular complexity index is 725. The molecule has 1 aromatic carbocycles. The van der Waals surface area contributed by atoms with Crippen LogP contribution in [0, 0.1) is 0 Å². The number of carbonyl (C=O) groups excluding carboxylic acids is 1. The number of rotatable bonds is 6. The quantitative estimate of drug-likeness (QED) is 0.784. The van der Waals surface area contributed by atoms with Crippen molar-refractivity contribution in [3.05, 3.63) is 35.9 Å². The van der Waals surface area contributed by atoms with Crippen molar-refractivity contribution >= 4 is 27.7 Å². The second-order valence-corrected chi connectivity index (χ2v) is 6.58. The Kier molecular flexibility index (Phi) is 4.94. The van der Waals surface area contributed by atoms with Crippen LogP contribution in [0.5, 0.6) is 5.75 Å². The van der Waals surface area contributed by atoms with Crippen molar-refractivity contribution in [3.8, 4) is 5.75 Å². The van der Waals surface area contributed by atoms with Gasteiger partial charge < -0.3 is 10.5 Å². The van der Waals surface area contributed by atoms with E-state index < -0.39 is 16.1 Å². The minimum absolute atomic E-state index is 0.0754. The predicted molar refractivity (Wildman–Crippen MR) is 84.8 cm³/mol. The third-order valence-corrected chi connectivity index (χ3v) is 3.46. The Labute approximate surface area is 128 Å².